The van der Waals surface area contributed by atoms with Crippen LogP contribution in [0.3, 0.4) is 0 Å². The number of aryl methyl sites for hydroxylation is 2. The molecule has 1 amide bonds. The van der Waals surface area contributed by atoms with Crippen LogP contribution in [0.4, 0.5) is 0 Å². The standard InChI is InChI=1S/C28H45N3O5S/c1-21-16-26(36-5)17-22(2)28(21)37(34,35)30(4)20-25(32)12-13-27(33)29(3)18-23-8-10-24(11-9-23)19-31-14-6-7-15-31/h16-17,23-24H,6-15,18-20H2,1-5H3. The minimum Gasteiger partial charge on any atom is -0.497 e. The van der Waals surface area contributed by atoms with E-state index in [2.05, 4.69) is 4.90 Å². The third-order valence-corrected chi connectivity index (χ3v) is 10.1. The Morgan fingerprint density at radius 2 is 1.54 bits per heavy atom. The molecular weight excluding hydrogens is 490 g/mol. The van der Waals surface area contributed by atoms with Crippen LogP contribution in [0, 0.1) is 25.7 Å². The lowest BCUT2D eigenvalue weighted by Crippen LogP contribution is -2.36. The number of carbonyl (C=O) groups is 2. The number of amides is 1. The van der Waals surface area contributed by atoms with Crippen molar-refractivity contribution in [3.8, 4) is 5.75 Å². The van der Waals surface area contributed by atoms with Crippen LogP contribution >= 0.6 is 0 Å². The van der Waals surface area contributed by atoms with Crippen molar-refractivity contribution >= 4 is 21.7 Å². The molecular formula is C28H45N3O5S. The number of ether oxygens (including phenoxy) is 1. The average molecular weight is 536 g/mol. The molecule has 1 saturated carbocycles. The first-order chi connectivity index (χ1) is 17.5. The van der Waals surface area contributed by atoms with Gasteiger partial charge in [-0.25, -0.2) is 8.42 Å². The van der Waals surface area contributed by atoms with Gasteiger partial charge in [-0.3, -0.25) is 9.59 Å². The van der Waals surface area contributed by atoms with E-state index in [0.29, 0.717) is 22.8 Å². The van der Waals surface area contributed by atoms with E-state index in [1.165, 1.54) is 59.5 Å². The van der Waals surface area contributed by atoms with E-state index >= 15 is 0 Å². The molecule has 1 aromatic carbocycles. The fourth-order valence-electron chi connectivity index (χ4n) is 5.86. The highest BCUT2D eigenvalue weighted by Crippen LogP contribution is 2.31. The summed E-state index contributed by atoms with van der Waals surface area (Å²) in [6.45, 7) is 7.63. The maximum atomic E-state index is 13.2. The van der Waals surface area contributed by atoms with Crippen molar-refractivity contribution in [2.45, 2.75) is 70.1 Å². The van der Waals surface area contributed by atoms with Gasteiger partial charge >= 0.3 is 0 Å². The van der Waals surface area contributed by atoms with Crippen molar-refractivity contribution in [1.29, 1.82) is 0 Å². The molecule has 0 unspecified atom stereocenters. The van der Waals surface area contributed by atoms with Gasteiger partial charge in [0.25, 0.3) is 0 Å². The minimum absolute atomic E-state index is 0.0339. The zero-order valence-corrected chi connectivity index (χ0v) is 24.1. The minimum atomic E-state index is -3.85. The third-order valence-electron chi connectivity index (χ3n) is 7.99. The molecule has 1 heterocycles. The number of hydrogen-bond donors (Lipinski definition) is 0. The van der Waals surface area contributed by atoms with E-state index in [0.717, 1.165) is 29.6 Å². The summed E-state index contributed by atoms with van der Waals surface area (Å²) in [5.41, 5.74) is 1.14. The predicted molar refractivity (Wildman–Crippen MR) is 145 cm³/mol. The number of ketones is 1. The monoisotopic (exact) mass is 535 g/mol. The first-order valence-electron chi connectivity index (χ1n) is 13.6. The van der Waals surface area contributed by atoms with Gasteiger partial charge in [-0.15, -0.1) is 0 Å². The number of hydrogen-bond acceptors (Lipinski definition) is 6. The topological polar surface area (TPSA) is 87.2 Å². The molecule has 0 bridgehead atoms. The molecule has 208 valence electrons. The lowest BCUT2D eigenvalue weighted by atomic mass is 9.81. The lowest BCUT2D eigenvalue weighted by molar-refractivity contribution is -0.132. The number of likely N-dealkylation sites (tertiary alicyclic amines) is 1. The second-order valence-corrected chi connectivity index (χ2v) is 13.0. The number of nitrogens with zero attached hydrogens (tertiary/aromatic N) is 3. The molecule has 2 fully saturated rings. The Morgan fingerprint density at radius 3 is 2.11 bits per heavy atom. The molecule has 1 aliphatic carbocycles. The SMILES string of the molecule is COc1cc(C)c(S(=O)(=O)N(C)CC(=O)CCC(=O)N(C)CC2CCC(CN3CCCC3)CC2)c(C)c1. The van der Waals surface area contributed by atoms with Gasteiger partial charge in [-0.05, 0) is 101 Å². The van der Waals surface area contributed by atoms with Crippen LogP contribution in [-0.2, 0) is 19.6 Å². The van der Waals surface area contributed by atoms with E-state index in [9.17, 15) is 18.0 Å². The molecule has 37 heavy (non-hydrogen) atoms. The maximum absolute atomic E-state index is 13.2. The summed E-state index contributed by atoms with van der Waals surface area (Å²) in [7, 11) is 0.908. The number of sulfonamides is 1. The molecule has 1 saturated heterocycles. The van der Waals surface area contributed by atoms with Crippen LogP contribution in [0.2, 0.25) is 0 Å². The summed E-state index contributed by atoms with van der Waals surface area (Å²) in [4.78, 5) is 29.8. The average Bonchev–Trinajstić information content (AvgIpc) is 3.36. The molecule has 1 aromatic rings. The number of methoxy groups -OCH3 is 1. The Balaban J connectivity index is 1.42. The quantitative estimate of drug-likeness (QED) is 0.406. The van der Waals surface area contributed by atoms with Crippen molar-refractivity contribution in [1.82, 2.24) is 14.1 Å². The van der Waals surface area contributed by atoms with E-state index < -0.39 is 10.0 Å². The molecule has 2 aliphatic rings. The van der Waals surface area contributed by atoms with Crippen LogP contribution in [0.15, 0.2) is 17.0 Å². The highest BCUT2D eigenvalue weighted by atomic mass is 32.2. The number of benzene rings is 1. The summed E-state index contributed by atoms with van der Waals surface area (Å²) >= 11 is 0. The van der Waals surface area contributed by atoms with Gasteiger partial charge in [-0.2, -0.15) is 4.31 Å². The van der Waals surface area contributed by atoms with Crippen LogP contribution in [0.1, 0.15) is 62.5 Å². The molecule has 0 atom stereocenters. The normalized spacial score (nSPS) is 20.8. The second-order valence-electron chi connectivity index (χ2n) is 11.1. The van der Waals surface area contributed by atoms with Crippen LogP contribution < -0.4 is 4.74 Å². The van der Waals surface area contributed by atoms with E-state index in [-0.39, 0.29) is 36.0 Å². The maximum Gasteiger partial charge on any atom is 0.243 e. The molecule has 8 nitrogen and oxygen atoms in total. The fourth-order valence-corrected chi connectivity index (χ4v) is 7.41. The number of carbonyl (C=O) groups excluding carboxylic acids is 2. The molecule has 0 aromatic heterocycles. The van der Waals surface area contributed by atoms with Crippen LogP contribution in [0.5, 0.6) is 5.75 Å². The Hall–Kier alpha value is -1.97. The van der Waals surface area contributed by atoms with Gasteiger partial charge in [0.2, 0.25) is 15.9 Å². The molecule has 3 rings (SSSR count). The van der Waals surface area contributed by atoms with Gasteiger partial charge in [0.15, 0.2) is 0 Å². The van der Waals surface area contributed by atoms with Crippen molar-refractivity contribution in [3.63, 3.8) is 0 Å². The van der Waals surface area contributed by atoms with E-state index in [4.69, 9.17) is 4.74 Å². The van der Waals surface area contributed by atoms with Gasteiger partial charge in [-0.1, -0.05) is 0 Å². The molecule has 0 radical (unpaired) electrons. The molecule has 0 spiro atoms. The first kappa shape index (κ1) is 29.6. The van der Waals surface area contributed by atoms with E-state index in [1.807, 2.05) is 7.05 Å². The summed E-state index contributed by atoms with van der Waals surface area (Å²) in [6.07, 6.45) is 7.58. The molecule has 1 aliphatic heterocycles. The number of rotatable bonds is 12. The van der Waals surface area contributed by atoms with E-state index in [1.54, 1.807) is 30.9 Å². The van der Waals surface area contributed by atoms with Gasteiger partial charge < -0.3 is 14.5 Å². The van der Waals surface area contributed by atoms with Crippen LogP contribution in [-0.4, -0.2) is 88.1 Å². The smallest absolute Gasteiger partial charge is 0.243 e. The van der Waals surface area contributed by atoms with Crippen molar-refractivity contribution in [3.05, 3.63) is 23.3 Å². The largest absolute Gasteiger partial charge is 0.497 e. The molecule has 0 N–H and O–H groups in total. The van der Waals surface area contributed by atoms with Gasteiger partial charge in [0.05, 0.1) is 18.6 Å². The zero-order valence-electron chi connectivity index (χ0n) is 23.3. The Bertz CT molecular complexity index is 1020. The number of Topliss-reactive ketones (excluding diaryl/α,β-unsaturated/α-hetero) is 1. The fraction of sp³-hybridized carbons (Fsp3) is 0.714. The summed E-state index contributed by atoms with van der Waals surface area (Å²) in [6, 6.07) is 3.34. The van der Waals surface area contributed by atoms with Crippen molar-refractivity contribution in [2.24, 2.45) is 11.8 Å². The second kappa shape index (κ2) is 13.2. The lowest BCUT2D eigenvalue weighted by Gasteiger charge is -2.33. The Morgan fingerprint density at radius 1 is 0.973 bits per heavy atom. The van der Waals surface area contributed by atoms with Crippen molar-refractivity contribution < 1.29 is 22.7 Å². The van der Waals surface area contributed by atoms with Crippen LogP contribution in [0.25, 0.3) is 0 Å². The highest BCUT2D eigenvalue weighted by Gasteiger charge is 2.28. The number of likely N-dealkylation sites (N-methyl/N-ethyl adjacent to an activating group) is 1. The summed E-state index contributed by atoms with van der Waals surface area (Å²) in [5.74, 6) is 1.57. The summed E-state index contributed by atoms with van der Waals surface area (Å²) < 4.78 is 32.6. The highest BCUT2D eigenvalue weighted by molar-refractivity contribution is 7.89. The molecule has 9 heteroatoms. The Kier molecular flexibility index (Phi) is 10.6. The first-order valence-corrected chi connectivity index (χ1v) is 15.0. The third kappa shape index (κ3) is 8.01. The predicted octanol–water partition coefficient (Wildman–Crippen LogP) is 3.64. The summed E-state index contributed by atoms with van der Waals surface area (Å²) in [5, 5.41) is 0. The Labute approximate surface area is 223 Å². The van der Waals surface area contributed by atoms with Gasteiger partial charge in [0, 0.05) is 40.0 Å². The van der Waals surface area contributed by atoms with Crippen molar-refractivity contribution in [2.75, 3.05) is 53.9 Å². The van der Waals surface area contributed by atoms with Gasteiger partial charge in [0.1, 0.15) is 11.5 Å². The zero-order chi connectivity index (χ0) is 27.2.